The first kappa shape index (κ1) is 13.5. The normalized spacial score (nSPS) is 12.5. The molecule has 1 atom stereocenters. The Hall–Kier alpha value is -1.55. The van der Waals surface area contributed by atoms with Crippen molar-refractivity contribution in [2.75, 3.05) is 26.0 Å². The molecular formula is C13H20N2O2. The highest BCUT2D eigenvalue weighted by atomic mass is 16.4. The number of nitrogens with one attached hydrogen (secondary N) is 1. The number of hydrogen-bond donors (Lipinski definition) is 2. The largest absolute Gasteiger partial charge is 0.478 e. The molecule has 2 N–H and O–H groups in total. The van der Waals surface area contributed by atoms with Crippen molar-refractivity contribution in [1.29, 1.82) is 0 Å². The molecule has 0 bridgehead atoms. The molecule has 0 radical (unpaired) electrons. The van der Waals surface area contributed by atoms with Gasteiger partial charge in [0.05, 0.1) is 5.56 Å². The van der Waals surface area contributed by atoms with Gasteiger partial charge in [0, 0.05) is 18.3 Å². The molecule has 0 aliphatic carbocycles. The molecule has 0 aliphatic heterocycles. The number of aromatic carboxylic acids is 1. The van der Waals surface area contributed by atoms with E-state index in [1.165, 1.54) is 0 Å². The second kappa shape index (κ2) is 5.68. The minimum absolute atomic E-state index is 0.321. The summed E-state index contributed by atoms with van der Waals surface area (Å²) in [6, 6.07) is 5.66. The van der Waals surface area contributed by atoms with Crippen molar-refractivity contribution in [2.45, 2.75) is 19.9 Å². The van der Waals surface area contributed by atoms with E-state index in [1.807, 2.05) is 33.2 Å². The van der Waals surface area contributed by atoms with Gasteiger partial charge in [-0.05, 0) is 45.6 Å². The molecule has 17 heavy (non-hydrogen) atoms. The minimum atomic E-state index is -0.898. The van der Waals surface area contributed by atoms with Crippen LogP contribution in [0.3, 0.4) is 0 Å². The number of carboxylic acid groups (broad SMARTS) is 1. The lowest BCUT2D eigenvalue weighted by atomic mass is 10.1. The second-order valence-electron chi connectivity index (χ2n) is 4.55. The van der Waals surface area contributed by atoms with E-state index in [0.717, 1.165) is 12.1 Å². The van der Waals surface area contributed by atoms with Crippen molar-refractivity contribution in [3.8, 4) is 0 Å². The van der Waals surface area contributed by atoms with Gasteiger partial charge in [0.25, 0.3) is 0 Å². The number of rotatable bonds is 5. The van der Waals surface area contributed by atoms with Crippen LogP contribution in [-0.2, 0) is 0 Å². The summed E-state index contributed by atoms with van der Waals surface area (Å²) in [5, 5.41) is 12.3. The van der Waals surface area contributed by atoms with Gasteiger partial charge >= 0.3 is 5.97 Å². The molecule has 0 amide bonds. The molecular weight excluding hydrogens is 216 g/mol. The van der Waals surface area contributed by atoms with Crippen molar-refractivity contribution >= 4 is 11.7 Å². The molecule has 0 fully saturated rings. The Morgan fingerprint density at radius 1 is 1.47 bits per heavy atom. The van der Waals surface area contributed by atoms with Crippen molar-refractivity contribution in [3.63, 3.8) is 0 Å². The third-order valence-electron chi connectivity index (χ3n) is 2.87. The lowest BCUT2D eigenvalue weighted by Gasteiger charge is -2.21. The first-order valence-electron chi connectivity index (χ1n) is 5.66. The number of benzene rings is 1. The molecule has 94 valence electrons. The molecule has 1 unspecified atom stereocenters. The topological polar surface area (TPSA) is 52.6 Å². The van der Waals surface area contributed by atoms with E-state index in [-0.39, 0.29) is 0 Å². The average Bonchev–Trinajstić information content (AvgIpc) is 2.25. The van der Waals surface area contributed by atoms with Crippen LogP contribution < -0.4 is 5.32 Å². The highest BCUT2D eigenvalue weighted by Crippen LogP contribution is 2.17. The predicted molar refractivity (Wildman–Crippen MR) is 69.8 cm³/mol. The Labute approximate surface area is 102 Å². The number of carboxylic acids is 1. The summed E-state index contributed by atoms with van der Waals surface area (Å²) < 4.78 is 0. The van der Waals surface area contributed by atoms with Gasteiger partial charge in [-0.2, -0.15) is 0 Å². The molecule has 0 spiro atoms. The summed E-state index contributed by atoms with van der Waals surface area (Å²) in [4.78, 5) is 13.1. The third kappa shape index (κ3) is 3.75. The maximum atomic E-state index is 11.1. The van der Waals surface area contributed by atoms with Gasteiger partial charge in [-0.3, -0.25) is 0 Å². The fourth-order valence-corrected chi connectivity index (χ4v) is 1.43. The Morgan fingerprint density at radius 2 is 2.12 bits per heavy atom. The maximum Gasteiger partial charge on any atom is 0.337 e. The monoisotopic (exact) mass is 236 g/mol. The van der Waals surface area contributed by atoms with Gasteiger partial charge in [-0.15, -0.1) is 0 Å². The van der Waals surface area contributed by atoms with Crippen LogP contribution in [0.5, 0.6) is 0 Å². The quantitative estimate of drug-likeness (QED) is 0.821. The van der Waals surface area contributed by atoms with Crippen molar-refractivity contribution in [2.24, 2.45) is 0 Å². The Kier molecular flexibility index (Phi) is 4.52. The zero-order chi connectivity index (χ0) is 13.0. The zero-order valence-corrected chi connectivity index (χ0v) is 10.8. The van der Waals surface area contributed by atoms with E-state index in [2.05, 4.69) is 17.1 Å². The highest BCUT2D eigenvalue weighted by molar-refractivity contribution is 5.94. The van der Waals surface area contributed by atoms with Gasteiger partial charge in [0.15, 0.2) is 0 Å². The molecule has 1 aromatic rings. The van der Waals surface area contributed by atoms with Crippen LogP contribution in [0.15, 0.2) is 18.2 Å². The Morgan fingerprint density at radius 3 is 2.65 bits per heavy atom. The number of hydrogen-bond acceptors (Lipinski definition) is 3. The summed E-state index contributed by atoms with van der Waals surface area (Å²) in [6.07, 6.45) is 0. The van der Waals surface area contributed by atoms with Crippen LogP contribution >= 0.6 is 0 Å². The lowest BCUT2D eigenvalue weighted by Crippen LogP contribution is -2.31. The van der Waals surface area contributed by atoms with Gasteiger partial charge in [-0.25, -0.2) is 4.79 Å². The van der Waals surface area contributed by atoms with Crippen LogP contribution in [-0.4, -0.2) is 42.7 Å². The molecule has 0 aromatic heterocycles. The van der Waals surface area contributed by atoms with E-state index >= 15 is 0 Å². The van der Waals surface area contributed by atoms with Gasteiger partial charge < -0.3 is 15.3 Å². The second-order valence-corrected chi connectivity index (χ2v) is 4.55. The highest BCUT2D eigenvalue weighted by Gasteiger charge is 2.11. The van der Waals surface area contributed by atoms with Crippen molar-refractivity contribution < 1.29 is 9.90 Å². The SMILES string of the molecule is Cc1ccc(C(=O)O)c(NCC(C)N(C)C)c1. The van der Waals surface area contributed by atoms with Crippen LogP contribution in [0.25, 0.3) is 0 Å². The number of nitrogens with zero attached hydrogens (tertiary/aromatic N) is 1. The van der Waals surface area contributed by atoms with E-state index in [0.29, 0.717) is 17.3 Å². The number of anilines is 1. The molecule has 1 aromatic carbocycles. The minimum Gasteiger partial charge on any atom is -0.478 e. The summed E-state index contributed by atoms with van der Waals surface area (Å²) in [5.74, 6) is -0.898. The standard InChI is InChI=1S/C13H20N2O2/c1-9-5-6-11(13(16)17)12(7-9)14-8-10(2)15(3)4/h5-7,10,14H,8H2,1-4H3,(H,16,17). The first-order chi connectivity index (χ1) is 7.91. The Balaban J connectivity index is 2.82. The van der Waals surface area contributed by atoms with Gasteiger partial charge in [-0.1, -0.05) is 6.07 Å². The van der Waals surface area contributed by atoms with Crippen LogP contribution in [0.4, 0.5) is 5.69 Å². The summed E-state index contributed by atoms with van der Waals surface area (Å²) in [6.45, 7) is 4.76. The fraction of sp³-hybridized carbons (Fsp3) is 0.462. The van der Waals surface area contributed by atoms with Gasteiger partial charge in [0.2, 0.25) is 0 Å². The molecule has 0 aliphatic rings. The van der Waals surface area contributed by atoms with Gasteiger partial charge in [0.1, 0.15) is 0 Å². The predicted octanol–water partition coefficient (Wildman–Crippen LogP) is 2.06. The number of likely N-dealkylation sites (N-methyl/N-ethyl adjacent to an activating group) is 1. The van der Waals surface area contributed by atoms with Crippen LogP contribution in [0, 0.1) is 6.92 Å². The molecule has 0 saturated carbocycles. The van der Waals surface area contributed by atoms with E-state index in [1.54, 1.807) is 6.07 Å². The average molecular weight is 236 g/mol. The number of aryl methyl sites for hydroxylation is 1. The first-order valence-corrected chi connectivity index (χ1v) is 5.66. The molecule has 0 heterocycles. The van der Waals surface area contributed by atoms with E-state index < -0.39 is 5.97 Å². The smallest absolute Gasteiger partial charge is 0.337 e. The van der Waals surface area contributed by atoms with Crippen LogP contribution in [0.1, 0.15) is 22.8 Å². The summed E-state index contributed by atoms with van der Waals surface area (Å²) in [7, 11) is 4.00. The fourth-order valence-electron chi connectivity index (χ4n) is 1.43. The molecule has 4 heteroatoms. The van der Waals surface area contributed by atoms with E-state index in [9.17, 15) is 4.79 Å². The maximum absolute atomic E-state index is 11.1. The molecule has 4 nitrogen and oxygen atoms in total. The summed E-state index contributed by atoms with van der Waals surface area (Å²) >= 11 is 0. The lowest BCUT2D eigenvalue weighted by molar-refractivity contribution is 0.0698. The van der Waals surface area contributed by atoms with Crippen molar-refractivity contribution in [1.82, 2.24) is 4.90 Å². The molecule has 1 rings (SSSR count). The van der Waals surface area contributed by atoms with Crippen molar-refractivity contribution in [3.05, 3.63) is 29.3 Å². The summed E-state index contributed by atoms with van der Waals surface area (Å²) in [5.41, 5.74) is 2.06. The van der Waals surface area contributed by atoms with E-state index in [4.69, 9.17) is 5.11 Å². The number of carbonyl (C=O) groups is 1. The van der Waals surface area contributed by atoms with Crippen LogP contribution in [0.2, 0.25) is 0 Å². The molecule has 0 saturated heterocycles. The zero-order valence-electron chi connectivity index (χ0n) is 10.8. The Bertz CT molecular complexity index is 402. The third-order valence-corrected chi connectivity index (χ3v) is 2.87.